The minimum absolute atomic E-state index is 0.0867. The summed E-state index contributed by atoms with van der Waals surface area (Å²) in [4.78, 5) is 30.2. The topological polar surface area (TPSA) is 104 Å². The van der Waals surface area contributed by atoms with Crippen LogP contribution in [0.2, 0.25) is 0 Å². The Balaban J connectivity index is 1.33. The monoisotopic (exact) mass is 396 g/mol. The first kappa shape index (κ1) is 19.4. The van der Waals surface area contributed by atoms with Crippen molar-refractivity contribution < 1.29 is 19.4 Å². The second kappa shape index (κ2) is 8.18. The number of carbonyl (C=O) groups is 2. The van der Waals surface area contributed by atoms with Gasteiger partial charge in [0.2, 0.25) is 5.88 Å². The second-order valence-corrected chi connectivity index (χ2v) is 7.42. The highest BCUT2D eigenvalue weighted by atomic mass is 16.5. The van der Waals surface area contributed by atoms with Crippen LogP contribution >= 0.6 is 0 Å². The van der Waals surface area contributed by atoms with Crippen molar-refractivity contribution in [1.29, 1.82) is 0 Å². The van der Waals surface area contributed by atoms with Crippen LogP contribution in [0.5, 0.6) is 5.88 Å². The number of amides is 2. The van der Waals surface area contributed by atoms with E-state index in [0.717, 1.165) is 19.5 Å². The molecule has 1 aromatic carbocycles. The molecule has 2 aliphatic rings. The van der Waals surface area contributed by atoms with Crippen molar-refractivity contribution in [1.82, 2.24) is 15.2 Å². The number of rotatable bonds is 5. The zero-order valence-electron chi connectivity index (χ0n) is 16.2. The van der Waals surface area contributed by atoms with E-state index in [2.05, 4.69) is 38.7 Å². The van der Waals surface area contributed by atoms with Crippen LogP contribution in [0.15, 0.2) is 36.5 Å². The van der Waals surface area contributed by atoms with Gasteiger partial charge in [-0.25, -0.2) is 4.98 Å². The van der Waals surface area contributed by atoms with Gasteiger partial charge in [-0.05, 0) is 30.5 Å². The van der Waals surface area contributed by atoms with Crippen molar-refractivity contribution in [3.05, 3.63) is 53.2 Å². The van der Waals surface area contributed by atoms with Crippen LogP contribution in [0.3, 0.4) is 0 Å². The summed E-state index contributed by atoms with van der Waals surface area (Å²) in [5.74, 6) is -0.361. The van der Waals surface area contributed by atoms with Gasteiger partial charge in [-0.1, -0.05) is 24.3 Å². The fourth-order valence-corrected chi connectivity index (χ4v) is 3.68. The van der Waals surface area contributed by atoms with Crippen molar-refractivity contribution >= 4 is 17.5 Å². The van der Waals surface area contributed by atoms with Gasteiger partial charge in [0.05, 0.1) is 11.7 Å². The average molecular weight is 396 g/mol. The van der Waals surface area contributed by atoms with Gasteiger partial charge in [-0.2, -0.15) is 0 Å². The summed E-state index contributed by atoms with van der Waals surface area (Å²) in [5, 5.41) is 16.0. The Hall–Kier alpha value is -2.97. The number of hydrogen-bond acceptors (Lipinski definition) is 6. The van der Waals surface area contributed by atoms with Crippen LogP contribution in [0.4, 0.5) is 5.69 Å². The van der Waals surface area contributed by atoms with Crippen LogP contribution in [-0.4, -0.2) is 58.6 Å². The largest absolute Gasteiger partial charge is 0.466 e. The van der Waals surface area contributed by atoms with E-state index in [4.69, 9.17) is 4.74 Å². The van der Waals surface area contributed by atoms with Gasteiger partial charge in [-0.15, -0.1) is 0 Å². The summed E-state index contributed by atoms with van der Waals surface area (Å²) in [5.41, 5.74) is 3.30. The van der Waals surface area contributed by atoms with Crippen LogP contribution in [0.25, 0.3) is 0 Å². The Morgan fingerprint density at radius 3 is 3.00 bits per heavy atom. The molecule has 4 rings (SSSR count). The van der Waals surface area contributed by atoms with Crippen LogP contribution < -0.4 is 15.4 Å². The van der Waals surface area contributed by atoms with Gasteiger partial charge < -0.3 is 20.5 Å². The van der Waals surface area contributed by atoms with E-state index in [1.807, 2.05) is 13.0 Å². The molecule has 1 aromatic heterocycles. The fraction of sp³-hybridized carbons (Fsp3) is 0.381. The minimum Gasteiger partial charge on any atom is -0.466 e. The maximum absolute atomic E-state index is 12.4. The number of hydrogen-bond donors (Lipinski definition) is 3. The van der Waals surface area contributed by atoms with Gasteiger partial charge in [-0.3, -0.25) is 14.5 Å². The highest BCUT2D eigenvalue weighted by Crippen LogP contribution is 2.25. The van der Waals surface area contributed by atoms with Crippen LogP contribution in [0, 0.1) is 0 Å². The molecule has 2 amide bonds. The number of carbonyl (C=O) groups excluding carboxylic acids is 2. The Labute approximate surface area is 168 Å². The van der Waals surface area contributed by atoms with E-state index in [9.17, 15) is 14.7 Å². The summed E-state index contributed by atoms with van der Waals surface area (Å²) in [6.45, 7) is 3.67. The Kier molecular flexibility index (Phi) is 5.46. The Morgan fingerprint density at radius 1 is 1.38 bits per heavy atom. The number of benzene rings is 1. The molecule has 3 N–H and O–H groups in total. The van der Waals surface area contributed by atoms with Crippen LogP contribution in [-0.2, 0) is 17.8 Å². The maximum atomic E-state index is 12.4. The lowest BCUT2D eigenvalue weighted by Gasteiger charge is -2.36. The number of ether oxygens (including phenoxy) is 1. The average Bonchev–Trinajstić information content (AvgIpc) is 2.75. The molecular formula is C21H24N4O4. The third-order valence-corrected chi connectivity index (χ3v) is 5.49. The first-order valence-electron chi connectivity index (χ1n) is 9.71. The first-order valence-corrected chi connectivity index (χ1v) is 9.71. The van der Waals surface area contributed by atoms with E-state index >= 15 is 0 Å². The molecule has 0 saturated carbocycles. The number of nitrogens with zero attached hydrogens (tertiary/aromatic N) is 2. The number of aromatic nitrogens is 1. The quantitative estimate of drug-likeness (QED) is 0.695. The van der Waals surface area contributed by atoms with Crippen molar-refractivity contribution in [3.63, 3.8) is 0 Å². The molecule has 152 valence electrons. The summed E-state index contributed by atoms with van der Waals surface area (Å²) in [6.07, 6.45) is 1.63. The molecule has 29 heavy (non-hydrogen) atoms. The van der Waals surface area contributed by atoms with E-state index in [1.54, 1.807) is 0 Å². The summed E-state index contributed by atoms with van der Waals surface area (Å²) in [7, 11) is 0. The lowest BCUT2D eigenvalue weighted by Crippen LogP contribution is -2.48. The van der Waals surface area contributed by atoms with Crippen LogP contribution in [0.1, 0.15) is 28.4 Å². The molecule has 2 atom stereocenters. The molecule has 0 saturated heterocycles. The molecular weight excluding hydrogens is 372 g/mol. The zero-order valence-corrected chi connectivity index (χ0v) is 16.2. The summed E-state index contributed by atoms with van der Waals surface area (Å²) < 4.78 is 5.19. The predicted octanol–water partition coefficient (Wildman–Crippen LogP) is 0.950. The Bertz CT molecular complexity index is 933. The van der Waals surface area contributed by atoms with Crippen molar-refractivity contribution in [2.75, 3.05) is 25.0 Å². The van der Waals surface area contributed by atoms with E-state index in [-0.39, 0.29) is 31.0 Å². The molecule has 8 nitrogen and oxygen atoms in total. The molecule has 0 aliphatic carbocycles. The highest BCUT2D eigenvalue weighted by Gasteiger charge is 2.26. The van der Waals surface area contributed by atoms with Gasteiger partial charge in [0, 0.05) is 31.9 Å². The molecule has 0 radical (unpaired) electrons. The fourth-order valence-electron chi connectivity index (χ4n) is 3.68. The van der Waals surface area contributed by atoms with E-state index in [0.29, 0.717) is 17.1 Å². The molecule has 0 fully saturated rings. The standard InChI is InChI=1S/C21H24N4O4/c1-13(25-7-6-14-4-2-3-5-15(14)11-25)18(26)10-22-20(28)16-8-17-21(23-9-16)29-12-19(27)24-17/h2-5,8-9,13,18,26H,6-7,10-12H2,1H3,(H,22,28)(H,24,27)/t13-,18-/m0/s1. The van der Waals surface area contributed by atoms with Gasteiger partial charge >= 0.3 is 0 Å². The number of nitrogens with one attached hydrogen (secondary N) is 2. The lowest BCUT2D eigenvalue weighted by atomic mass is 9.98. The number of anilines is 1. The van der Waals surface area contributed by atoms with Crippen molar-refractivity contribution in [2.24, 2.45) is 0 Å². The molecule has 8 heteroatoms. The summed E-state index contributed by atoms with van der Waals surface area (Å²) >= 11 is 0. The molecule has 3 heterocycles. The molecule has 0 bridgehead atoms. The number of aliphatic hydroxyl groups is 1. The molecule has 2 aromatic rings. The number of pyridine rings is 1. The number of fused-ring (bicyclic) bond motifs is 2. The lowest BCUT2D eigenvalue weighted by molar-refractivity contribution is -0.118. The smallest absolute Gasteiger partial charge is 0.262 e. The van der Waals surface area contributed by atoms with Gasteiger partial charge in [0.1, 0.15) is 5.69 Å². The number of aliphatic hydroxyl groups excluding tert-OH is 1. The SMILES string of the molecule is C[C@@H]([C@@H](O)CNC(=O)c1cnc2c(c1)NC(=O)CO2)N1CCc2ccccc2C1. The van der Waals surface area contributed by atoms with Gasteiger partial charge in [0.15, 0.2) is 6.61 Å². The summed E-state index contributed by atoms with van der Waals surface area (Å²) in [6, 6.07) is 9.77. The molecule has 0 unspecified atom stereocenters. The van der Waals surface area contributed by atoms with Crippen molar-refractivity contribution in [2.45, 2.75) is 32.0 Å². The maximum Gasteiger partial charge on any atom is 0.262 e. The van der Waals surface area contributed by atoms with Crippen molar-refractivity contribution in [3.8, 4) is 5.88 Å². The molecule has 2 aliphatic heterocycles. The normalized spacial score (nSPS) is 17.9. The molecule has 0 spiro atoms. The Morgan fingerprint density at radius 2 is 2.17 bits per heavy atom. The second-order valence-electron chi connectivity index (χ2n) is 7.42. The zero-order chi connectivity index (χ0) is 20.4. The van der Waals surface area contributed by atoms with Gasteiger partial charge in [0.25, 0.3) is 11.8 Å². The minimum atomic E-state index is -0.710. The highest BCUT2D eigenvalue weighted by molar-refractivity contribution is 5.99. The first-order chi connectivity index (χ1) is 14.0. The predicted molar refractivity (Wildman–Crippen MR) is 107 cm³/mol. The third-order valence-electron chi connectivity index (χ3n) is 5.49. The van der Waals surface area contributed by atoms with E-state index < -0.39 is 6.10 Å². The third kappa shape index (κ3) is 4.23. The van der Waals surface area contributed by atoms with E-state index in [1.165, 1.54) is 23.4 Å².